The summed E-state index contributed by atoms with van der Waals surface area (Å²) in [4.78, 5) is 0. The number of aliphatic hydroxyl groups is 9. The summed E-state index contributed by atoms with van der Waals surface area (Å²) in [5, 5.41) is 78.0. The Morgan fingerprint density at radius 1 is 0.500 bits per heavy atom. The van der Waals surface area contributed by atoms with Crippen LogP contribution in [-0.2, 0) is 0 Å². The first-order valence-electron chi connectivity index (χ1n) is 5.94. The van der Waals surface area contributed by atoms with Gasteiger partial charge in [-0.05, 0) is 19.6 Å². The Balaban J connectivity index is -0.000000108. The minimum absolute atomic E-state index is 0. The fraction of sp³-hybridized carbons (Fsp3) is 1.00. The van der Waals surface area contributed by atoms with E-state index in [0.29, 0.717) is 19.6 Å². The molecule has 0 saturated carbocycles. The van der Waals surface area contributed by atoms with Crippen LogP contribution < -0.4 is 16.0 Å². The van der Waals surface area contributed by atoms with Crippen molar-refractivity contribution in [3.8, 4) is 0 Å². The average molecular weight is 358 g/mol. The van der Waals surface area contributed by atoms with Gasteiger partial charge in [0.2, 0.25) is 0 Å². The molecule has 0 aliphatic rings. The highest BCUT2D eigenvalue weighted by Gasteiger charge is 2.14. The Labute approximate surface area is 134 Å². The molecule has 140 valence electrons. The van der Waals surface area contributed by atoms with E-state index >= 15 is 0 Å². The number of halogens is 1. The Hall–Kier alpha value is -0.190. The molecule has 0 radical (unpaired) electrons. The van der Waals surface area contributed by atoms with E-state index in [1.165, 1.54) is 0 Å². The van der Waals surface area contributed by atoms with Gasteiger partial charge in [-0.15, -0.1) is 12.4 Å². The summed E-state index contributed by atoms with van der Waals surface area (Å²) in [6.45, 7) is 5.84. The highest BCUT2D eigenvalue weighted by Crippen LogP contribution is 1.81. The molecule has 12 N–H and O–H groups in total. The minimum Gasteiger partial charge on any atom is -0.330 e. The monoisotopic (exact) mass is 357 g/mol. The van der Waals surface area contributed by atoms with Crippen molar-refractivity contribution in [1.82, 2.24) is 16.0 Å². The third-order valence-electron chi connectivity index (χ3n) is 1.24. The van der Waals surface area contributed by atoms with Crippen molar-refractivity contribution in [2.45, 2.75) is 39.1 Å². The van der Waals surface area contributed by atoms with Crippen molar-refractivity contribution in [3.63, 3.8) is 0 Å². The lowest BCUT2D eigenvalue weighted by atomic mass is 10.7. The third-order valence-corrected chi connectivity index (χ3v) is 1.24. The summed E-state index contributed by atoms with van der Waals surface area (Å²) in [7, 11) is 0. The van der Waals surface area contributed by atoms with E-state index in [4.69, 9.17) is 46.0 Å². The lowest BCUT2D eigenvalue weighted by Crippen LogP contribution is -2.44. The second-order valence-corrected chi connectivity index (χ2v) is 3.50. The van der Waals surface area contributed by atoms with Gasteiger partial charge in [0.1, 0.15) is 0 Å². The topological polar surface area (TPSA) is 218 Å². The lowest BCUT2D eigenvalue weighted by Gasteiger charge is -2.12. The first-order chi connectivity index (χ1) is 9.18. The molecule has 13 heteroatoms. The molecule has 0 spiro atoms. The van der Waals surface area contributed by atoms with Gasteiger partial charge in [0, 0.05) is 0 Å². The number of nitrogens with one attached hydrogen (secondary N) is 3. The molecular formula is C9H28ClN3O9. The maximum absolute atomic E-state index is 8.02. The van der Waals surface area contributed by atoms with E-state index in [-0.39, 0.29) is 12.4 Å². The Bertz CT molecular complexity index is 190. The molecule has 0 aromatic carbocycles. The molecule has 0 saturated heterocycles. The van der Waals surface area contributed by atoms with E-state index in [1.807, 2.05) is 16.0 Å². The van der Waals surface area contributed by atoms with Gasteiger partial charge in [0.25, 0.3) is 0 Å². The predicted molar refractivity (Wildman–Crippen MR) is 76.4 cm³/mol. The largest absolute Gasteiger partial charge is 0.343 e. The second-order valence-electron chi connectivity index (χ2n) is 3.50. The van der Waals surface area contributed by atoms with Gasteiger partial charge in [0.15, 0.2) is 0 Å². The Morgan fingerprint density at radius 3 is 0.636 bits per heavy atom. The van der Waals surface area contributed by atoms with Gasteiger partial charge in [0.05, 0.1) is 0 Å². The molecule has 12 nitrogen and oxygen atoms in total. The third kappa shape index (κ3) is 50.3. The maximum atomic E-state index is 8.02. The summed E-state index contributed by atoms with van der Waals surface area (Å²) in [5.41, 5.74) is 0. The molecule has 0 heterocycles. The summed E-state index contributed by atoms with van der Waals surface area (Å²) >= 11 is 0. The van der Waals surface area contributed by atoms with Gasteiger partial charge >= 0.3 is 18.3 Å². The molecular weight excluding hydrogens is 330 g/mol. The zero-order valence-electron chi connectivity index (χ0n) is 12.6. The number of hydrogen-bond donors (Lipinski definition) is 12. The van der Waals surface area contributed by atoms with Crippen molar-refractivity contribution in [3.05, 3.63) is 0 Å². The van der Waals surface area contributed by atoms with Crippen LogP contribution in [0.3, 0.4) is 0 Å². The lowest BCUT2D eigenvalue weighted by molar-refractivity contribution is -0.331. The highest BCUT2D eigenvalue weighted by atomic mass is 35.5. The summed E-state index contributed by atoms with van der Waals surface area (Å²) in [6, 6.07) is 0. The standard InChI is InChI=1S/3C3H9NO3.ClH/c3*1-2-4-3(5,6)7;/h3*4-7H,2H2,1H3;1H. The molecule has 0 atom stereocenters. The smallest absolute Gasteiger partial charge is 0.330 e. The van der Waals surface area contributed by atoms with E-state index in [9.17, 15) is 0 Å². The van der Waals surface area contributed by atoms with E-state index in [0.717, 1.165) is 0 Å². The van der Waals surface area contributed by atoms with E-state index in [1.54, 1.807) is 20.8 Å². The van der Waals surface area contributed by atoms with Crippen LogP contribution >= 0.6 is 12.4 Å². The SMILES string of the molecule is CCNC(O)(O)O.CCNC(O)(O)O.CCNC(O)(O)O.Cl. The fourth-order valence-corrected chi connectivity index (χ4v) is 0.712. The van der Waals surface area contributed by atoms with E-state index < -0.39 is 18.3 Å². The number of rotatable bonds is 6. The molecule has 22 heavy (non-hydrogen) atoms. The van der Waals surface area contributed by atoms with Gasteiger partial charge in [-0.3, -0.25) is 0 Å². The Kier molecular flexibility index (Phi) is 19.5. The van der Waals surface area contributed by atoms with Gasteiger partial charge < -0.3 is 46.0 Å². The molecule has 0 aliphatic heterocycles. The molecule has 0 aromatic rings. The first-order valence-corrected chi connectivity index (χ1v) is 5.94. The van der Waals surface area contributed by atoms with Crippen LogP contribution in [0.2, 0.25) is 0 Å². The summed E-state index contributed by atoms with van der Waals surface area (Å²) < 4.78 is 0. The molecule has 0 unspecified atom stereocenters. The fourth-order valence-electron chi connectivity index (χ4n) is 0.712. The van der Waals surface area contributed by atoms with Crippen LogP contribution in [-0.4, -0.2) is 83.9 Å². The molecule has 0 aliphatic carbocycles. The van der Waals surface area contributed by atoms with Crippen molar-refractivity contribution in [2.24, 2.45) is 0 Å². The zero-order valence-corrected chi connectivity index (χ0v) is 13.4. The molecule has 0 bridgehead atoms. The number of hydrogen-bond acceptors (Lipinski definition) is 12. The van der Waals surface area contributed by atoms with Crippen LogP contribution in [0.15, 0.2) is 0 Å². The highest BCUT2D eigenvalue weighted by molar-refractivity contribution is 5.85. The zero-order chi connectivity index (χ0) is 17.7. The second kappa shape index (κ2) is 14.4. The Morgan fingerprint density at radius 2 is 0.636 bits per heavy atom. The quantitative estimate of drug-likeness (QED) is 0.201. The van der Waals surface area contributed by atoms with Crippen molar-refractivity contribution in [1.29, 1.82) is 0 Å². The van der Waals surface area contributed by atoms with Crippen LogP contribution in [0.5, 0.6) is 0 Å². The molecule has 0 rings (SSSR count). The van der Waals surface area contributed by atoms with Gasteiger partial charge in [-0.2, -0.15) is 0 Å². The summed E-state index contributed by atoms with van der Waals surface area (Å²) in [6.07, 6.45) is -8.10. The normalized spacial score (nSPS) is 11.5. The van der Waals surface area contributed by atoms with Gasteiger partial charge in [-0.1, -0.05) is 20.8 Å². The van der Waals surface area contributed by atoms with Crippen LogP contribution in [0.25, 0.3) is 0 Å². The van der Waals surface area contributed by atoms with Gasteiger partial charge in [-0.25, -0.2) is 16.0 Å². The van der Waals surface area contributed by atoms with E-state index in [2.05, 4.69) is 0 Å². The van der Waals surface area contributed by atoms with Crippen molar-refractivity contribution >= 4 is 12.4 Å². The van der Waals surface area contributed by atoms with Crippen molar-refractivity contribution < 1.29 is 46.0 Å². The van der Waals surface area contributed by atoms with Crippen LogP contribution in [0, 0.1) is 0 Å². The molecule has 0 aromatic heterocycles. The molecule has 0 fully saturated rings. The summed E-state index contributed by atoms with van der Waals surface area (Å²) in [5.74, 6) is 0. The van der Waals surface area contributed by atoms with Crippen LogP contribution in [0.4, 0.5) is 0 Å². The predicted octanol–water partition coefficient (Wildman–Crippen LogP) is -5.03. The van der Waals surface area contributed by atoms with Crippen molar-refractivity contribution in [2.75, 3.05) is 19.6 Å². The maximum Gasteiger partial charge on any atom is 0.343 e. The first kappa shape index (κ1) is 29.8. The van der Waals surface area contributed by atoms with Crippen LogP contribution in [0.1, 0.15) is 20.8 Å². The molecule has 0 amide bonds. The average Bonchev–Trinajstić information content (AvgIpc) is 2.12. The minimum atomic E-state index is -2.70.